The number of hydrogen-bond acceptors (Lipinski definition) is 5. The van der Waals surface area contributed by atoms with Gasteiger partial charge in [-0.3, -0.25) is 14.4 Å². The first kappa shape index (κ1) is 26.7. The van der Waals surface area contributed by atoms with Crippen LogP contribution in [0.5, 0.6) is 0 Å². The summed E-state index contributed by atoms with van der Waals surface area (Å²) >= 11 is 0. The fourth-order valence-corrected chi connectivity index (χ4v) is 3.66. The van der Waals surface area contributed by atoms with Gasteiger partial charge in [0.25, 0.3) is 0 Å². The van der Waals surface area contributed by atoms with Gasteiger partial charge in [0.2, 0.25) is 17.7 Å². The topological polar surface area (TPSA) is 108 Å². The first-order valence-electron chi connectivity index (χ1n) is 11.5. The van der Waals surface area contributed by atoms with Gasteiger partial charge in [0.15, 0.2) is 0 Å². The van der Waals surface area contributed by atoms with E-state index in [1.807, 2.05) is 67.6 Å². The molecule has 0 aliphatic heterocycles. The summed E-state index contributed by atoms with van der Waals surface area (Å²) in [4.78, 5) is 50.9. The molecule has 0 heterocycles. The van der Waals surface area contributed by atoms with Crippen LogP contribution in [-0.2, 0) is 32.0 Å². The molecule has 8 heteroatoms. The zero-order valence-electron chi connectivity index (χ0n) is 19.8. The molecule has 2 rings (SSSR count). The normalized spacial score (nSPS) is 12.3. The van der Waals surface area contributed by atoms with E-state index in [-0.39, 0.29) is 25.4 Å². The minimum Gasteiger partial charge on any atom is -0.348 e. The highest BCUT2D eigenvalue weighted by Crippen LogP contribution is 2.08. The molecule has 0 saturated heterocycles. The smallest absolute Gasteiger partial charge is 0.243 e. The van der Waals surface area contributed by atoms with Crippen molar-refractivity contribution >= 4 is 24.0 Å². The Bertz CT molecular complexity index is 921. The van der Waals surface area contributed by atoms with Crippen molar-refractivity contribution in [3.05, 3.63) is 71.8 Å². The number of aldehydes is 1. The Kier molecular flexibility index (Phi) is 11.5. The van der Waals surface area contributed by atoms with Crippen molar-refractivity contribution in [3.8, 4) is 0 Å². The fourth-order valence-electron chi connectivity index (χ4n) is 3.66. The Morgan fingerprint density at radius 3 is 1.97 bits per heavy atom. The first-order chi connectivity index (χ1) is 16.5. The third kappa shape index (κ3) is 8.78. The zero-order valence-corrected chi connectivity index (χ0v) is 19.8. The lowest BCUT2D eigenvalue weighted by Crippen LogP contribution is -2.53. The lowest BCUT2D eigenvalue weighted by atomic mass is 10.0. The van der Waals surface area contributed by atoms with Gasteiger partial charge >= 0.3 is 0 Å². The van der Waals surface area contributed by atoms with Crippen LogP contribution in [0.4, 0.5) is 0 Å². The zero-order chi connectivity index (χ0) is 24.8. The molecule has 34 heavy (non-hydrogen) atoms. The molecular weight excluding hydrogens is 432 g/mol. The van der Waals surface area contributed by atoms with Crippen molar-refractivity contribution < 1.29 is 19.2 Å². The Hall–Kier alpha value is -3.52. The van der Waals surface area contributed by atoms with E-state index in [0.29, 0.717) is 25.7 Å². The van der Waals surface area contributed by atoms with E-state index < -0.39 is 23.9 Å². The van der Waals surface area contributed by atoms with E-state index >= 15 is 0 Å². The van der Waals surface area contributed by atoms with Crippen molar-refractivity contribution in [1.82, 2.24) is 20.9 Å². The van der Waals surface area contributed by atoms with Crippen molar-refractivity contribution in [3.63, 3.8) is 0 Å². The van der Waals surface area contributed by atoms with Crippen molar-refractivity contribution in [1.29, 1.82) is 0 Å². The minimum absolute atomic E-state index is 0.135. The molecule has 0 spiro atoms. The summed E-state index contributed by atoms with van der Waals surface area (Å²) in [5.74, 6) is -1.05. The van der Waals surface area contributed by atoms with Crippen LogP contribution in [0.1, 0.15) is 24.5 Å². The van der Waals surface area contributed by atoms with E-state index in [0.717, 1.165) is 11.1 Å². The number of hydrogen-bond donors (Lipinski definition) is 3. The molecule has 8 nitrogen and oxygen atoms in total. The maximum atomic E-state index is 13.2. The van der Waals surface area contributed by atoms with Gasteiger partial charge in [0, 0.05) is 13.0 Å². The molecule has 3 N–H and O–H groups in total. The lowest BCUT2D eigenvalue weighted by molar-refractivity contribution is -0.138. The molecule has 1 unspecified atom stereocenters. The predicted molar refractivity (Wildman–Crippen MR) is 131 cm³/mol. The third-order valence-corrected chi connectivity index (χ3v) is 5.36. The van der Waals surface area contributed by atoms with Gasteiger partial charge in [-0.1, -0.05) is 67.6 Å². The summed E-state index contributed by atoms with van der Waals surface area (Å²) in [5.41, 5.74) is 1.89. The minimum atomic E-state index is -0.863. The van der Waals surface area contributed by atoms with Crippen LogP contribution in [0.2, 0.25) is 0 Å². The number of benzene rings is 2. The van der Waals surface area contributed by atoms with E-state index in [2.05, 4.69) is 16.0 Å². The second kappa shape index (κ2) is 14.6. The summed E-state index contributed by atoms with van der Waals surface area (Å²) < 4.78 is 0. The number of carbonyl (C=O) groups is 4. The van der Waals surface area contributed by atoms with Gasteiger partial charge in [-0.15, -0.1) is 0 Å². The fraction of sp³-hybridized carbons (Fsp3) is 0.385. The standard InChI is InChI=1S/C26H34N4O4/c1-3-15-30(26(34)23(27-2)18-21-12-8-5-9-13-21)19-24(32)29-22(25(33)28-14-16-31)17-20-10-6-4-7-11-20/h4-13,16,22-23,27H,3,14-15,17-19H2,1-2H3,(H,28,33)(H,29,32)/t22-,23?/m0/s1. The number of amides is 3. The maximum absolute atomic E-state index is 13.2. The molecule has 182 valence electrons. The second-order valence-electron chi connectivity index (χ2n) is 8.01. The first-order valence-corrected chi connectivity index (χ1v) is 11.5. The molecule has 2 aromatic carbocycles. The number of nitrogens with zero attached hydrogens (tertiary/aromatic N) is 1. The molecule has 0 aliphatic rings. The highest BCUT2D eigenvalue weighted by Gasteiger charge is 2.27. The molecule has 2 aromatic rings. The summed E-state index contributed by atoms with van der Waals surface area (Å²) in [5, 5.41) is 8.30. The second-order valence-corrected chi connectivity index (χ2v) is 8.01. The van der Waals surface area contributed by atoms with E-state index in [1.54, 1.807) is 7.05 Å². The van der Waals surface area contributed by atoms with Gasteiger partial charge in [-0.2, -0.15) is 0 Å². The van der Waals surface area contributed by atoms with Crippen LogP contribution in [-0.4, -0.2) is 67.7 Å². The number of carbonyl (C=O) groups excluding carboxylic acids is 4. The van der Waals surface area contributed by atoms with Gasteiger partial charge in [-0.05, 0) is 31.0 Å². The maximum Gasteiger partial charge on any atom is 0.243 e. The van der Waals surface area contributed by atoms with Gasteiger partial charge in [0.1, 0.15) is 12.3 Å². The SMILES string of the molecule is CCCN(CC(=O)N[C@@H](Cc1ccccc1)C(=O)NCC=O)C(=O)C(Cc1ccccc1)NC. The number of likely N-dealkylation sites (N-methyl/N-ethyl adjacent to an activating group) is 1. The molecule has 3 amide bonds. The molecule has 0 fully saturated rings. The Morgan fingerprint density at radius 2 is 1.47 bits per heavy atom. The average molecular weight is 467 g/mol. The van der Waals surface area contributed by atoms with Crippen LogP contribution in [0.15, 0.2) is 60.7 Å². The summed E-state index contributed by atoms with van der Waals surface area (Å²) in [7, 11) is 1.73. The van der Waals surface area contributed by atoms with Crippen molar-refractivity contribution in [2.45, 2.75) is 38.3 Å². The van der Waals surface area contributed by atoms with Crippen molar-refractivity contribution in [2.24, 2.45) is 0 Å². The van der Waals surface area contributed by atoms with Crippen LogP contribution >= 0.6 is 0 Å². The summed E-state index contributed by atoms with van der Waals surface area (Å²) in [6.07, 6.45) is 2.05. The van der Waals surface area contributed by atoms with Crippen LogP contribution in [0, 0.1) is 0 Å². The van der Waals surface area contributed by atoms with Gasteiger partial charge < -0.3 is 25.6 Å². The number of rotatable bonds is 14. The van der Waals surface area contributed by atoms with Crippen LogP contribution < -0.4 is 16.0 Å². The predicted octanol–water partition coefficient (Wildman–Crippen LogP) is 1.10. The third-order valence-electron chi connectivity index (χ3n) is 5.36. The molecule has 0 saturated carbocycles. The highest BCUT2D eigenvalue weighted by atomic mass is 16.2. The Morgan fingerprint density at radius 1 is 0.912 bits per heavy atom. The molecular formula is C26H34N4O4. The van der Waals surface area contributed by atoms with E-state index in [9.17, 15) is 19.2 Å². The monoisotopic (exact) mass is 466 g/mol. The summed E-state index contributed by atoms with van der Waals surface area (Å²) in [6.45, 7) is 2.06. The van der Waals surface area contributed by atoms with Gasteiger partial charge in [-0.25, -0.2) is 0 Å². The molecule has 0 aromatic heterocycles. The molecule has 0 aliphatic carbocycles. The van der Waals surface area contributed by atoms with Crippen LogP contribution in [0.3, 0.4) is 0 Å². The van der Waals surface area contributed by atoms with Crippen molar-refractivity contribution in [2.75, 3.05) is 26.7 Å². The number of nitrogens with one attached hydrogen (secondary N) is 3. The van der Waals surface area contributed by atoms with E-state index in [4.69, 9.17) is 0 Å². The quantitative estimate of drug-likeness (QED) is 0.362. The lowest BCUT2D eigenvalue weighted by Gasteiger charge is -2.27. The molecule has 2 atom stereocenters. The highest BCUT2D eigenvalue weighted by molar-refractivity contribution is 5.91. The van der Waals surface area contributed by atoms with Crippen LogP contribution in [0.25, 0.3) is 0 Å². The van der Waals surface area contributed by atoms with Gasteiger partial charge in [0.05, 0.1) is 19.1 Å². The summed E-state index contributed by atoms with van der Waals surface area (Å²) in [6, 6.07) is 17.6. The Labute approximate surface area is 201 Å². The Balaban J connectivity index is 2.08. The van der Waals surface area contributed by atoms with E-state index in [1.165, 1.54) is 4.90 Å². The molecule has 0 radical (unpaired) electrons. The largest absolute Gasteiger partial charge is 0.348 e. The molecule has 0 bridgehead atoms. The average Bonchev–Trinajstić information content (AvgIpc) is 2.86.